The maximum atomic E-state index is 9.02. The van der Waals surface area contributed by atoms with E-state index in [0.29, 0.717) is 0 Å². The van der Waals surface area contributed by atoms with Gasteiger partial charge in [-0.3, -0.25) is 0 Å². The van der Waals surface area contributed by atoms with Crippen LogP contribution in [-0.2, 0) is 0 Å². The monoisotopic (exact) mass is 242 g/mol. The molecule has 0 saturated heterocycles. The van der Waals surface area contributed by atoms with Gasteiger partial charge in [0.05, 0.1) is 6.10 Å². The van der Waals surface area contributed by atoms with Gasteiger partial charge >= 0.3 is 0 Å². The smallest absolute Gasteiger partial charge is 0.0620 e. The van der Waals surface area contributed by atoms with E-state index in [-0.39, 0.29) is 11.5 Å². The summed E-state index contributed by atoms with van der Waals surface area (Å²) < 4.78 is 0. The van der Waals surface area contributed by atoms with Gasteiger partial charge in [0.15, 0.2) is 0 Å². The molecule has 0 heterocycles. The first kappa shape index (κ1) is 7.03. The topological polar surface area (TPSA) is 20.2 Å². The summed E-state index contributed by atoms with van der Waals surface area (Å²) in [5.41, 5.74) is 0.181. The van der Waals surface area contributed by atoms with Crippen molar-refractivity contribution >= 4 is 31.9 Å². The van der Waals surface area contributed by atoms with Gasteiger partial charge in [0, 0.05) is 16.1 Å². The van der Waals surface area contributed by atoms with E-state index in [0.717, 1.165) is 17.1 Å². The minimum Gasteiger partial charge on any atom is -0.392 e. The zero-order valence-electron chi connectivity index (χ0n) is 4.40. The van der Waals surface area contributed by atoms with E-state index >= 15 is 0 Å². The Kier molecular flexibility index (Phi) is 2.00. The minimum absolute atomic E-state index is 0.0683. The van der Waals surface area contributed by atoms with E-state index in [4.69, 9.17) is 5.11 Å². The molecule has 0 amide bonds. The Labute approximate surface area is 65.7 Å². The molecular weight excluding hydrogens is 236 g/mol. The van der Waals surface area contributed by atoms with Gasteiger partial charge in [-0.2, -0.15) is 0 Å². The largest absolute Gasteiger partial charge is 0.392 e. The van der Waals surface area contributed by atoms with Crippen molar-refractivity contribution in [1.29, 1.82) is 0 Å². The molecule has 0 aromatic carbocycles. The minimum atomic E-state index is -0.0683. The summed E-state index contributed by atoms with van der Waals surface area (Å²) in [6.45, 7) is 0. The molecule has 0 spiro atoms. The van der Waals surface area contributed by atoms with Crippen molar-refractivity contribution in [2.24, 2.45) is 5.41 Å². The number of aliphatic hydroxyl groups excluding tert-OH is 1. The molecule has 1 unspecified atom stereocenters. The van der Waals surface area contributed by atoms with Crippen molar-refractivity contribution in [2.75, 3.05) is 10.7 Å². The number of hydrogen-bond acceptors (Lipinski definition) is 1. The first-order valence-corrected chi connectivity index (χ1v) is 4.79. The molecule has 1 aliphatic carbocycles. The second-order valence-corrected chi connectivity index (χ2v) is 3.47. The van der Waals surface area contributed by atoms with E-state index in [9.17, 15) is 0 Å². The van der Waals surface area contributed by atoms with Crippen LogP contribution in [-0.4, -0.2) is 21.9 Å². The van der Waals surface area contributed by atoms with Gasteiger partial charge in [0.2, 0.25) is 0 Å². The Morgan fingerprint density at radius 2 is 1.88 bits per heavy atom. The number of aliphatic hydroxyl groups is 1. The Bertz CT molecular complexity index is 84.9. The molecule has 1 nitrogen and oxygen atoms in total. The highest BCUT2D eigenvalue weighted by Gasteiger charge is 2.51. The lowest BCUT2D eigenvalue weighted by Crippen LogP contribution is -2.09. The van der Waals surface area contributed by atoms with Crippen LogP contribution in [0, 0.1) is 5.41 Å². The van der Waals surface area contributed by atoms with Gasteiger partial charge in [-0.15, -0.1) is 0 Å². The number of rotatable bonds is 2. The predicted octanol–water partition coefficient (Wildman–Crippen LogP) is 1.53. The predicted molar refractivity (Wildman–Crippen MR) is 40.6 cm³/mol. The molecule has 1 aliphatic rings. The molecule has 8 heavy (non-hydrogen) atoms. The Balaban J connectivity index is 2.39. The van der Waals surface area contributed by atoms with Gasteiger partial charge in [0.25, 0.3) is 0 Å². The number of hydrogen-bond donors (Lipinski definition) is 1. The summed E-state index contributed by atoms with van der Waals surface area (Å²) in [6, 6.07) is 0. The van der Waals surface area contributed by atoms with E-state index in [1.165, 1.54) is 0 Å². The summed E-state index contributed by atoms with van der Waals surface area (Å²) in [5, 5.41) is 10.8. The first-order valence-electron chi connectivity index (χ1n) is 2.55. The molecule has 0 bridgehead atoms. The maximum Gasteiger partial charge on any atom is 0.0620 e. The fourth-order valence-corrected chi connectivity index (χ4v) is 2.78. The molecule has 0 aromatic rings. The fraction of sp³-hybridized carbons (Fsp3) is 1.00. The summed E-state index contributed by atoms with van der Waals surface area (Å²) in [7, 11) is 0. The maximum absolute atomic E-state index is 9.02. The van der Waals surface area contributed by atoms with Crippen LogP contribution in [0.2, 0.25) is 0 Å². The third kappa shape index (κ3) is 0.957. The van der Waals surface area contributed by atoms with Crippen LogP contribution in [0.5, 0.6) is 0 Å². The molecular formula is C5H8Br2O. The normalized spacial score (nSPS) is 32.6. The summed E-state index contributed by atoms with van der Waals surface area (Å²) in [5.74, 6) is 0. The molecule has 1 fully saturated rings. The van der Waals surface area contributed by atoms with E-state index in [2.05, 4.69) is 31.9 Å². The standard InChI is InChI=1S/C5H8Br2O/c6-2-5(3-7)1-4(5)8/h4,8H,1-3H2. The highest BCUT2D eigenvalue weighted by Crippen LogP contribution is 2.48. The Morgan fingerprint density at radius 1 is 1.50 bits per heavy atom. The van der Waals surface area contributed by atoms with Gasteiger partial charge in [-0.25, -0.2) is 0 Å². The van der Waals surface area contributed by atoms with Crippen LogP contribution in [0.3, 0.4) is 0 Å². The fourth-order valence-electron chi connectivity index (χ4n) is 0.649. The lowest BCUT2D eigenvalue weighted by Gasteiger charge is -2.04. The van der Waals surface area contributed by atoms with E-state index in [1.807, 2.05) is 0 Å². The molecule has 1 saturated carbocycles. The highest BCUT2D eigenvalue weighted by molar-refractivity contribution is 9.09. The summed E-state index contributed by atoms with van der Waals surface area (Å²) in [4.78, 5) is 0. The zero-order valence-corrected chi connectivity index (χ0v) is 7.57. The Morgan fingerprint density at radius 3 is 1.88 bits per heavy atom. The van der Waals surface area contributed by atoms with Crippen LogP contribution in [0.15, 0.2) is 0 Å². The van der Waals surface area contributed by atoms with Crippen LogP contribution >= 0.6 is 31.9 Å². The van der Waals surface area contributed by atoms with Gasteiger partial charge in [-0.1, -0.05) is 31.9 Å². The quantitative estimate of drug-likeness (QED) is 0.730. The Hall–Kier alpha value is 0.920. The SMILES string of the molecule is OC1CC1(CBr)CBr. The first-order chi connectivity index (χ1) is 3.75. The van der Waals surface area contributed by atoms with Crippen molar-refractivity contribution < 1.29 is 5.11 Å². The van der Waals surface area contributed by atoms with E-state index < -0.39 is 0 Å². The van der Waals surface area contributed by atoms with Gasteiger partial charge in [0.1, 0.15) is 0 Å². The molecule has 0 radical (unpaired) electrons. The van der Waals surface area contributed by atoms with Crippen LogP contribution in [0.1, 0.15) is 6.42 Å². The van der Waals surface area contributed by atoms with Crippen molar-refractivity contribution in [1.82, 2.24) is 0 Å². The lowest BCUT2D eigenvalue weighted by molar-refractivity contribution is 0.240. The number of alkyl halides is 2. The second kappa shape index (κ2) is 2.27. The average Bonchev–Trinajstić information content (AvgIpc) is 2.43. The van der Waals surface area contributed by atoms with Crippen LogP contribution < -0.4 is 0 Å². The number of halogens is 2. The van der Waals surface area contributed by atoms with Crippen LogP contribution in [0.25, 0.3) is 0 Å². The molecule has 1 rings (SSSR count). The molecule has 0 aliphatic heterocycles. The summed E-state index contributed by atoms with van der Waals surface area (Å²) >= 11 is 6.69. The highest BCUT2D eigenvalue weighted by atomic mass is 79.9. The molecule has 0 aromatic heterocycles. The van der Waals surface area contributed by atoms with Crippen molar-refractivity contribution in [3.8, 4) is 0 Å². The second-order valence-electron chi connectivity index (χ2n) is 2.35. The van der Waals surface area contributed by atoms with Crippen molar-refractivity contribution in [3.63, 3.8) is 0 Å². The summed E-state index contributed by atoms with van der Waals surface area (Å²) in [6.07, 6.45) is 0.880. The molecule has 3 heteroatoms. The van der Waals surface area contributed by atoms with Crippen molar-refractivity contribution in [2.45, 2.75) is 12.5 Å². The molecule has 48 valence electrons. The van der Waals surface area contributed by atoms with Gasteiger partial charge in [-0.05, 0) is 6.42 Å². The van der Waals surface area contributed by atoms with Crippen LogP contribution in [0.4, 0.5) is 0 Å². The lowest BCUT2D eigenvalue weighted by atomic mass is 10.2. The van der Waals surface area contributed by atoms with Gasteiger partial charge < -0.3 is 5.11 Å². The molecule has 1 atom stereocenters. The van der Waals surface area contributed by atoms with Crippen molar-refractivity contribution in [3.05, 3.63) is 0 Å². The third-order valence-corrected chi connectivity index (χ3v) is 3.91. The zero-order chi connectivity index (χ0) is 6.20. The van der Waals surface area contributed by atoms with E-state index in [1.54, 1.807) is 0 Å². The molecule has 1 N–H and O–H groups in total. The average molecular weight is 244 g/mol. The third-order valence-electron chi connectivity index (χ3n) is 1.68.